The molecule has 8 nitrogen and oxygen atoms in total. The predicted octanol–water partition coefficient (Wildman–Crippen LogP) is 2.54. The number of hydrogen-bond donors (Lipinski definition) is 3. The number of carbonyl (C=O) groups excluding carboxylic acids is 4. The van der Waals surface area contributed by atoms with Crippen molar-refractivity contribution in [2.75, 3.05) is 0 Å². The van der Waals surface area contributed by atoms with E-state index in [9.17, 15) is 29.4 Å². The monoisotopic (exact) mass is 475 g/mol. The predicted molar refractivity (Wildman–Crippen MR) is 126 cm³/mol. The van der Waals surface area contributed by atoms with E-state index in [4.69, 9.17) is 4.74 Å². The number of amides is 2. The molecule has 0 unspecified atom stereocenters. The third-order valence-electron chi connectivity index (χ3n) is 6.35. The van der Waals surface area contributed by atoms with Gasteiger partial charge in [0.2, 0.25) is 11.8 Å². The molecular formula is C26H37NO7. The fraction of sp³-hybridized carbons (Fsp3) is 0.615. The molecule has 0 saturated carbocycles. The van der Waals surface area contributed by atoms with Crippen molar-refractivity contribution >= 4 is 23.6 Å². The molecule has 2 rings (SSSR count). The highest BCUT2D eigenvalue weighted by Gasteiger charge is 2.32. The van der Waals surface area contributed by atoms with Gasteiger partial charge in [0.25, 0.3) is 0 Å². The average molecular weight is 476 g/mol. The molecule has 0 aromatic heterocycles. The lowest BCUT2D eigenvalue weighted by Crippen LogP contribution is -2.40. The highest BCUT2D eigenvalue weighted by atomic mass is 16.5. The van der Waals surface area contributed by atoms with E-state index in [0.717, 1.165) is 6.42 Å². The summed E-state index contributed by atoms with van der Waals surface area (Å²) in [7, 11) is 0. The first kappa shape index (κ1) is 27.7. The van der Waals surface area contributed by atoms with Gasteiger partial charge in [0.05, 0.1) is 18.1 Å². The largest absolute Gasteiger partial charge is 0.454 e. The molecule has 2 amide bonds. The lowest BCUT2D eigenvalue weighted by atomic mass is 9.86. The molecule has 0 spiro atoms. The quantitative estimate of drug-likeness (QED) is 0.306. The molecule has 0 aromatic rings. The van der Waals surface area contributed by atoms with E-state index in [1.807, 2.05) is 25.2 Å². The fourth-order valence-electron chi connectivity index (χ4n) is 4.39. The van der Waals surface area contributed by atoms with Crippen LogP contribution in [0.25, 0.3) is 0 Å². The number of allylic oxidation sites excluding steroid dienone is 2. The summed E-state index contributed by atoms with van der Waals surface area (Å²) in [5, 5.41) is 23.1. The Morgan fingerprint density at radius 2 is 1.79 bits per heavy atom. The first-order chi connectivity index (χ1) is 16.1. The zero-order valence-corrected chi connectivity index (χ0v) is 20.2. The number of hydrogen-bond acceptors (Lipinski definition) is 7. The summed E-state index contributed by atoms with van der Waals surface area (Å²) in [6.07, 6.45) is 8.48. The van der Waals surface area contributed by atoms with Crippen molar-refractivity contribution in [2.45, 2.75) is 84.0 Å². The Hall–Kier alpha value is -2.58. The molecule has 2 aliphatic rings. The van der Waals surface area contributed by atoms with Gasteiger partial charge in [-0.15, -0.1) is 0 Å². The number of esters is 1. The molecule has 5 atom stereocenters. The lowest BCUT2D eigenvalue weighted by molar-refractivity contribution is -0.145. The van der Waals surface area contributed by atoms with E-state index in [1.165, 1.54) is 6.08 Å². The number of rotatable bonds is 6. The SMILES string of the molecule is C/C1=C/[C@@H](C)[C@H](O)C/C=C/CC/C=C/C(=O)O[C@@H]1[C@H](C)C(=O)C[C@@H](O)CC1CC(=O)NC(=O)C1. The van der Waals surface area contributed by atoms with Crippen LogP contribution in [0, 0.1) is 17.8 Å². The van der Waals surface area contributed by atoms with Crippen LogP contribution in [-0.2, 0) is 23.9 Å². The van der Waals surface area contributed by atoms with Crippen molar-refractivity contribution in [1.82, 2.24) is 5.32 Å². The average Bonchev–Trinajstić information content (AvgIpc) is 2.74. The number of aliphatic hydroxyl groups is 2. The van der Waals surface area contributed by atoms with Gasteiger partial charge >= 0.3 is 5.97 Å². The van der Waals surface area contributed by atoms with Gasteiger partial charge in [-0.3, -0.25) is 19.7 Å². The number of cyclic esters (lactones) is 1. The number of carbonyl (C=O) groups is 4. The molecule has 0 aliphatic carbocycles. The Kier molecular flexibility index (Phi) is 10.9. The van der Waals surface area contributed by atoms with Crippen LogP contribution in [0.2, 0.25) is 0 Å². The topological polar surface area (TPSA) is 130 Å². The molecule has 3 N–H and O–H groups in total. The number of imide groups is 1. The Bertz CT molecular complexity index is 828. The van der Waals surface area contributed by atoms with Crippen LogP contribution >= 0.6 is 0 Å². The smallest absolute Gasteiger partial charge is 0.331 e. The van der Waals surface area contributed by atoms with Crippen molar-refractivity contribution in [3.8, 4) is 0 Å². The number of Topliss-reactive ketones (excluding diaryl/α,β-unsaturated/α-hetero) is 1. The molecule has 1 saturated heterocycles. The molecule has 0 radical (unpaired) electrons. The maximum absolute atomic E-state index is 13.0. The highest BCUT2D eigenvalue weighted by Crippen LogP contribution is 2.25. The van der Waals surface area contributed by atoms with E-state index in [2.05, 4.69) is 5.32 Å². The van der Waals surface area contributed by atoms with Crippen molar-refractivity contribution < 1.29 is 34.1 Å². The van der Waals surface area contributed by atoms with Gasteiger partial charge in [-0.25, -0.2) is 4.79 Å². The minimum absolute atomic E-state index is 0.135. The molecule has 188 valence electrons. The molecule has 2 heterocycles. The van der Waals surface area contributed by atoms with Gasteiger partial charge < -0.3 is 14.9 Å². The second kappa shape index (κ2) is 13.3. The zero-order valence-electron chi connectivity index (χ0n) is 20.2. The number of ketones is 1. The number of aliphatic hydroxyl groups excluding tert-OH is 2. The molecule has 0 aromatic carbocycles. The Morgan fingerprint density at radius 1 is 1.15 bits per heavy atom. The molecule has 8 heteroatoms. The number of ether oxygens (including phenoxy) is 1. The highest BCUT2D eigenvalue weighted by molar-refractivity contribution is 5.97. The van der Waals surface area contributed by atoms with Crippen molar-refractivity contribution in [3.63, 3.8) is 0 Å². The van der Waals surface area contributed by atoms with Crippen molar-refractivity contribution in [3.05, 3.63) is 36.0 Å². The molecule has 0 bridgehead atoms. The van der Waals surface area contributed by atoms with E-state index >= 15 is 0 Å². The van der Waals surface area contributed by atoms with E-state index in [0.29, 0.717) is 18.4 Å². The Labute approximate surface area is 201 Å². The Balaban J connectivity index is 2.11. The lowest BCUT2D eigenvalue weighted by Gasteiger charge is -2.27. The third-order valence-corrected chi connectivity index (χ3v) is 6.35. The normalized spacial score (nSPS) is 30.7. The van der Waals surface area contributed by atoms with Crippen LogP contribution < -0.4 is 5.32 Å². The van der Waals surface area contributed by atoms with E-state index < -0.39 is 30.2 Å². The Morgan fingerprint density at radius 3 is 2.47 bits per heavy atom. The zero-order chi connectivity index (χ0) is 25.3. The molecular weight excluding hydrogens is 438 g/mol. The maximum atomic E-state index is 13.0. The van der Waals surface area contributed by atoms with Gasteiger partial charge in [0, 0.05) is 31.3 Å². The molecule has 1 fully saturated rings. The maximum Gasteiger partial charge on any atom is 0.331 e. The number of piperidine rings is 1. The second-order valence-corrected chi connectivity index (χ2v) is 9.48. The van der Waals surface area contributed by atoms with Crippen LogP contribution in [0.1, 0.15) is 65.7 Å². The van der Waals surface area contributed by atoms with Crippen molar-refractivity contribution in [1.29, 1.82) is 0 Å². The summed E-state index contributed by atoms with van der Waals surface area (Å²) < 4.78 is 5.64. The van der Waals surface area contributed by atoms with Crippen LogP contribution in [0.4, 0.5) is 0 Å². The van der Waals surface area contributed by atoms with Gasteiger partial charge in [0.15, 0.2) is 0 Å². The summed E-state index contributed by atoms with van der Waals surface area (Å²) in [4.78, 5) is 48.5. The van der Waals surface area contributed by atoms with E-state index in [1.54, 1.807) is 19.9 Å². The first-order valence-electron chi connectivity index (χ1n) is 12.0. The van der Waals surface area contributed by atoms with Crippen LogP contribution in [-0.4, -0.2) is 52.1 Å². The van der Waals surface area contributed by atoms with Crippen LogP contribution in [0.3, 0.4) is 0 Å². The minimum Gasteiger partial charge on any atom is -0.454 e. The van der Waals surface area contributed by atoms with Gasteiger partial charge in [0.1, 0.15) is 11.9 Å². The van der Waals surface area contributed by atoms with Crippen molar-refractivity contribution in [2.24, 2.45) is 17.8 Å². The fourth-order valence-corrected chi connectivity index (χ4v) is 4.39. The third kappa shape index (κ3) is 8.99. The summed E-state index contributed by atoms with van der Waals surface area (Å²) in [6.45, 7) is 5.28. The van der Waals surface area contributed by atoms with Gasteiger partial charge in [-0.1, -0.05) is 38.2 Å². The first-order valence-corrected chi connectivity index (χ1v) is 12.0. The summed E-state index contributed by atoms with van der Waals surface area (Å²) in [5.41, 5.74) is 0.652. The second-order valence-electron chi connectivity index (χ2n) is 9.48. The molecule has 34 heavy (non-hydrogen) atoms. The summed E-state index contributed by atoms with van der Waals surface area (Å²) in [5.74, 6) is -2.84. The van der Waals surface area contributed by atoms with E-state index in [-0.39, 0.29) is 55.1 Å². The van der Waals surface area contributed by atoms with Crippen LogP contribution in [0.15, 0.2) is 36.0 Å². The summed E-state index contributed by atoms with van der Waals surface area (Å²) in [6, 6.07) is 0. The number of nitrogens with one attached hydrogen (secondary N) is 1. The van der Waals surface area contributed by atoms with Crippen LogP contribution in [0.5, 0.6) is 0 Å². The minimum atomic E-state index is -1.01. The molecule has 2 aliphatic heterocycles. The van der Waals surface area contributed by atoms with Gasteiger partial charge in [-0.05, 0) is 44.1 Å². The summed E-state index contributed by atoms with van der Waals surface area (Å²) >= 11 is 0. The van der Waals surface area contributed by atoms with Gasteiger partial charge in [-0.2, -0.15) is 0 Å². The standard InChI is InChI=1S/C26H37NO7/c1-16-11-17(2)26(34-25(33)10-8-6-4-5-7-9-21(16)29)18(3)22(30)15-20(28)12-19-13-23(31)27-24(32)14-19/h5,7-8,10-11,16,18-21,26,28-29H,4,6,9,12-15H2,1-3H3,(H,27,31,32)/b7-5+,10-8+,17-11-/t16-,18-,20+,21-,26+/m1/s1.